The van der Waals surface area contributed by atoms with Crippen LogP contribution in [0.25, 0.3) is 0 Å². The van der Waals surface area contributed by atoms with Crippen LogP contribution in [0, 0.1) is 12.8 Å². The van der Waals surface area contributed by atoms with Crippen LogP contribution >= 0.6 is 0 Å². The van der Waals surface area contributed by atoms with Gasteiger partial charge in [-0.3, -0.25) is 14.6 Å². The lowest BCUT2D eigenvalue weighted by atomic mass is 9.97. The van der Waals surface area contributed by atoms with Crippen LogP contribution in [-0.2, 0) is 16.1 Å². The Morgan fingerprint density at radius 2 is 2.14 bits per heavy atom. The van der Waals surface area contributed by atoms with E-state index in [9.17, 15) is 9.59 Å². The van der Waals surface area contributed by atoms with E-state index in [1.165, 1.54) is 0 Å². The molecule has 2 rings (SSSR count). The second kappa shape index (κ2) is 7.17. The van der Waals surface area contributed by atoms with Crippen LogP contribution in [0.15, 0.2) is 18.5 Å². The highest BCUT2D eigenvalue weighted by Gasteiger charge is 2.26. The zero-order chi connectivity index (χ0) is 15.2. The summed E-state index contributed by atoms with van der Waals surface area (Å²) in [6.45, 7) is 3.95. The fourth-order valence-electron chi connectivity index (χ4n) is 2.47. The second-order valence-electron chi connectivity index (χ2n) is 5.40. The lowest BCUT2D eigenvalue weighted by molar-refractivity contribution is -0.145. The van der Waals surface area contributed by atoms with E-state index in [2.05, 4.69) is 10.3 Å². The minimum absolute atomic E-state index is 0.0281. The number of hydrogen-bond acceptors (Lipinski definition) is 4. The molecule has 0 saturated carbocycles. The highest BCUT2D eigenvalue weighted by atomic mass is 16.4. The molecule has 2 N–H and O–H groups in total. The number of carbonyl (C=O) groups is 2. The fourth-order valence-corrected chi connectivity index (χ4v) is 2.47. The minimum Gasteiger partial charge on any atom is -0.481 e. The molecule has 0 bridgehead atoms. The maximum atomic E-state index is 12.1. The summed E-state index contributed by atoms with van der Waals surface area (Å²) < 4.78 is 0. The van der Waals surface area contributed by atoms with Gasteiger partial charge in [-0.15, -0.1) is 0 Å². The number of carbonyl (C=O) groups excluding carboxylic acids is 1. The van der Waals surface area contributed by atoms with Gasteiger partial charge in [-0.25, -0.2) is 0 Å². The SMILES string of the molecule is Cc1ccncc1CNCC(=O)N1CCC(C(=O)O)CC1. The molecule has 1 aliphatic heterocycles. The van der Waals surface area contributed by atoms with Crippen LogP contribution in [0.4, 0.5) is 0 Å². The van der Waals surface area contributed by atoms with Crippen molar-refractivity contribution < 1.29 is 14.7 Å². The minimum atomic E-state index is -0.757. The summed E-state index contributed by atoms with van der Waals surface area (Å²) in [6, 6.07) is 1.94. The van der Waals surface area contributed by atoms with Crippen molar-refractivity contribution >= 4 is 11.9 Å². The molecule has 0 spiro atoms. The Bertz CT molecular complexity index is 511. The largest absolute Gasteiger partial charge is 0.481 e. The van der Waals surface area contributed by atoms with Crippen LogP contribution in [0.2, 0.25) is 0 Å². The highest BCUT2D eigenvalue weighted by Crippen LogP contribution is 2.17. The molecule has 1 aliphatic rings. The average Bonchev–Trinajstić information content (AvgIpc) is 2.49. The van der Waals surface area contributed by atoms with Gasteiger partial charge in [0.15, 0.2) is 0 Å². The van der Waals surface area contributed by atoms with Crippen molar-refractivity contribution in [3.05, 3.63) is 29.6 Å². The van der Waals surface area contributed by atoms with Gasteiger partial charge in [0.2, 0.25) is 5.91 Å². The van der Waals surface area contributed by atoms with E-state index >= 15 is 0 Å². The fraction of sp³-hybridized carbons (Fsp3) is 0.533. The molecule has 0 aromatic carbocycles. The van der Waals surface area contributed by atoms with Gasteiger partial charge in [0.1, 0.15) is 0 Å². The van der Waals surface area contributed by atoms with Gasteiger partial charge < -0.3 is 15.3 Å². The van der Waals surface area contributed by atoms with Crippen LogP contribution < -0.4 is 5.32 Å². The molecule has 1 amide bonds. The van der Waals surface area contributed by atoms with E-state index in [1.807, 2.05) is 13.0 Å². The summed E-state index contributed by atoms with van der Waals surface area (Å²) in [5.41, 5.74) is 2.22. The normalized spacial score (nSPS) is 16.0. The van der Waals surface area contributed by atoms with Crippen LogP contribution in [0.5, 0.6) is 0 Å². The van der Waals surface area contributed by atoms with E-state index in [4.69, 9.17) is 5.11 Å². The van der Waals surface area contributed by atoms with Crippen LogP contribution in [0.1, 0.15) is 24.0 Å². The molecule has 0 aliphatic carbocycles. The number of piperidine rings is 1. The number of rotatable bonds is 5. The van der Waals surface area contributed by atoms with Crippen molar-refractivity contribution in [3.63, 3.8) is 0 Å². The quantitative estimate of drug-likeness (QED) is 0.838. The standard InChI is InChI=1S/C15H21N3O3/c1-11-2-5-16-8-13(11)9-17-10-14(19)18-6-3-12(4-7-18)15(20)21/h2,5,8,12,17H,3-4,6-7,9-10H2,1H3,(H,20,21). The van der Waals surface area contributed by atoms with E-state index < -0.39 is 5.97 Å². The molecule has 0 radical (unpaired) electrons. The number of aromatic nitrogens is 1. The monoisotopic (exact) mass is 291 g/mol. The summed E-state index contributed by atoms with van der Waals surface area (Å²) in [5, 5.41) is 12.1. The number of nitrogens with one attached hydrogen (secondary N) is 1. The van der Waals surface area contributed by atoms with Gasteiger partial charge in [0.25, 0.3) is 0 Å². The number of hydrogen-bond donors (Lipinski definition) is 2. The number of amides is 1. The number of aryl methyl sites for hydroxylation is 1. The third-order valence-electron chi connectivity index (χ3n) is 3.94. The molecule has 1 aromatic rings. The molecule has 114 valence electrons. The van der Waals surface area contributed by atoms with E-state index in [0.29, 0.717) is 32.5 Å². The van der Waals surface area contributed by atoms with Gasteiger partial charge in [0, 0.05) is 32.0 Å². The first-order valence-electron chi connectivity index (χ1n) is 7.18. The van der Waals surface area contributed by atoms with E-state index in [1.54, 1.807) is 17.3 Å². The second-order valence-corrected chi connectivity index (χ2v) is 5.40. The number of carboxylic acids is 1. The number of likely N-dealkylation sites (tertiary alicyclic amines) is 1. The van der Waals surface area contributed by atoms with E-state index in [0.717, 1.165) is 11.1 Å². The third kappa shape index (κ3) is 4.26. The summed E-state index contributed by atoms with van der Waals surface area (Å²) in [5.74, 6) is -1.03. The summed E-state index contributed by atoms with van der Waals surface area (Å²) in [7, 11) is 0. The first kappa shape index (κ1) is 15.4. The predicted molar refractivity (Wildman–Crippen MR) is 77.6 cm³/mol. The Kier molecular flexibility index (Phi) is 5.27. The van der Waals surface area contributed by atoms with Crippen molar-refractivity contribution in [1.82, 2.24) is 15.2 Å². The predicted octanol–water partition coefficient (Wildman–Crippen LogP) is 0.803. The Balaban J connectivity index is 1.73. The molecular weight excluding hydrogens is 270 g/mol. The van der Waals surface area contributed by atoms with Gasteiger partial charge in [0.05, 0.1) is 12.5 Å². The molecule has 1 aromatic heterocycles. The molecule has 0 atom stereocenters. The smallest absolute Gasteiger partial charge is 0.306 e. The topological polar surface area (TPSA) is 82.5 Å². The van der Waals surface area contributed by atoms with E-state index in [-0.39, 0.29) is 18.4 Å². The number of aliphatic carboxylic acids is 1. The average molecular weight is 291 g/mol. The lowest BCUT2D eigenvalue weighted by Gasteiger charge is -2.30. The molecule has 1 saturated heterocycles. The van der Waals surface area contributed by atoms with Crippen molar-refractivity contribution in [3.8, 4) is 0 Å². The number of carboxylic acid groups (broad SMARTS) is 1. The van der Waals surface area contributed by atoms with Gasteiger partial charge in [-0.2, -0.15) is 0 Å². The van der Waals surface area contributed by atoms with Crippen molar-refractivity contribution in [2.75, 3.05) is 19.6 Å². The van der Waals surface area contributed by atoms with Crippen molar-refractivity contribution in [2.24, 2.45) is 5.92 Å². The van der Waals surface area contributed by atoms with Crippen LogP contribution in [-0.4, -0.2) is 46.5 Å². The Morgan fingerprint density at radius 1 is 1.43 bits per heavy atom. The molecule has 6 nitrogen and oxygen atoms in total. The van der Waals surface area contributed by atoms with Gasteiger partial charge in [-0.1, -0.05) is 0 Å². The molecule has 6 heteroatoms. The summed E-state index contributed by atoms with van der Waals surface area (Å²) in [4.78, 5) is 28.7. The number of nitrogens with zero attached hydrogens (tertiary/aromatic N) is 2. The van der Waals surface area contributed by atoms with Gasteiger partial charge in [-0.05, 0) is 37.0 Å². The molecule has 2 heterocycles. The zero-order valence-corrected chi connectivity index (χ0v) is 12.2. The maximum absolute atomic E-state index is 12.1. The summed E-state index contributed by atoms with van der Waals surface area (Å²) in [6.07, 6.45) is 4.63. The first-order chi connectivity index (χ1) is 10.1. The molecule has 0 unspecified atom stereocenters. The Hall–Kier alpha value is -1.95. The van der Waals surface area contributed by atoms with Crippen molar-refractivity contribution in [2.45, 2.75) is 26.3 Å². The van der Waals surface area contributed by atoms with Crippen LogP contribution in [0.3, 0.4) is 0 Å². The maximum Gasteiger partial charge on any atom is 0.306 e. The van der Waals surface area contributed by atoms with Crippen molar-refractivity contribution in [1.29, 1.82) is 0 Å². The molecular formula is C15H21N3O3. The first-order valence-corrected chi connectivity index (χ1v) is 7.18. The third-order valence-corrected chi connectivity index (χ3v) is 3.94. The molecule has 21 heavy (non-hydrogen) atoms. The Labute approximate surface area is 124 Å². The lowest BCUT2D eigenvalue weighted by Crippen LogP contribution is -2.44. The number of pyridine rings is 1. The summed E-state index contributed by atoms with van der Waals surface area (Å²) >= 11 is 0. The zero-order valence-electron chi connectivity index (χ0n) is 12.2. The molecule has 1 fully saturated rings. The van der Waals surface area contributed by atoms with Gasteiger partial charge >= 0.3 is 5.97 Å². The highest BCUT2D eigenvalue weighted by molar-refractivity contribution is 5.78. The Morgan fingerprint density at radius 3 is 2.76 bits per heavy atom.